The molecule has 0 heterocycles. The summed E-state index contributed by atoms with van der Waals surface area (Å²) in [6, 6.07) is 1.66. The van der Waals surface area contributed by atoms with E-state index in [2.05, 4.69) is 5.32 Å². The van der Waals surface area contributed by atoms with Crippen molar-refractivity contribution in [1.29, 1.82) is 0 Å². The van der Waals surface area contributed by atoms with E-state index in [0.717, 1.165) is 18.2 Å². The smallest absolute Gasteiger partial charge is 0.417 e. The van der Waals surface area contributed by atoms with Crippen LogP contribution in [0.15, 0.2) is 18.2 Å². The standard InChI is InChI=1S/C14H15ClF3NO3/c1-13(2,3)22-12(21)19-11(7-20)8-4-5-9(10(15)6-8)14(16,17)18/h4-7,11H,1-3H3,(H,19,21). The molecule has 0 aromatic heterocycles. The predicted molar refractivity (Wildman–Crippen MR) is 74.6 cm³/mol. The summed E-state index contributed by atoms with van der Waals surface area (Å²) in [6.07, 6.45) is -5.08. The van der Waals surface area contributed by atoms with E-state index in [9.17, 15) is 22.8 Å². The minimum absolute atomic E-state index is 0.124. The minimum Gasteiger partial charge on any atom is -0.444 e. The predicted octanol–water partition coefficient (Wildman–Crippen LogP) is 4.12. The molecule has 0 saturated carbocycles. The Morgan fingerprint density at radius 3 is 2.32 bits per heavy atom. The second-order valence-electron chi connectivity index (χ2n) is 5.50. The quantitative estimate of drug-likeness (QED) is 0.844. The van der Waals surface area contributed by atoms with Gasteiger partial charge < -0.3 is 14.8 Å². The topological polar surface area (TPSA) is 55.4 Å². The molecule has 22 heavy (non-hydrogen) atoms. The Bertz CT molecular complexity index is 567. The van der Waals surface area contributed by atoms with Gasteiger partial charge >= 0.3 is 12.3 Å². The van der Waals surface area contributed by atoms with E-state index in [1.54, 1.807) is 20.8 Å². The van der Waals surface area contributed by atoms with E-state index in [4.69, 9.17) is 16.3 Å². The molecule has 1 rings (SSSR count). The number of alkyl halides is 3. The Labute approximate surface area is 130 Å². The second-order valence-corrected chi connectivity index (χ2v) is 5.90. The highest BCUT2D eigenvalue weighted by molar-refractivity contribution is 6.31. The summed E-state index contributed by atoms with van der Waals surface area (Å²) in [5.41, 5.74) is -1.66. The number of hydrogen-bond donors (Lipinski definition) is 1. The molecule has 0 saturated heterocycles. The number of nitrogens with one attached hydrogen (secondary N) is 1. The van der Waals surface area contributed by atoms with Gasteiger partial charge in [0.1, 0.15) is 17.9 Å². The molecule has 0 spiro atoms. The number of alkyl carbamates (subject to hydrolysis) is 1. The third kappa shape index (κ3) is 5.22. The molecule has 0 aliphatic carbocycles. The van der Waals surface area contributed by atoms with Crippen LogP contribution >= 0.6 is 11.6 Å². The van der Waals surface area contributed by atoms with Crippen LogP contribution in [0.4, 0.5) is 18.0 Å². The number of aldehydes is 1. The van der Waals surface area contributed by atoms with E-state index in [1.165, 1.54) is 0 Å². The summed E-state index contributed by atoms with van der Waals surface area (Å²) in [6.45, 7) is 4.91. The van der Waals surface area contributed by atoms with Gasteiger partial charge in [-0.25, -0.2) is 4.79 Å². The Balaban J connectivity index is 2.95. The number of carbonyl (C=O) groups is 2. The molecule has 4 nitrogen and oxygen atoms in total. The third-order valence-electron chi connectivity index (χ3n) is 2.47. The van der Waals surface area contributed by atoms with E-state index in [-0.39, 0.29) is 5.56 Å². The van der Waals surface area contributed by atoms with Gasteiger partial charge in [-0.15, -0.1) is 0 Å². The maximum atomic E-state index is 12.6. The first kappa shape index (κ1) is 18.3. The van der Waals surface area contributed by atoms with Crippen LogP contribution < -0.4 is 5.32 Å². The zero-order valence-corrected chi connectivity index (χ0v) is 12.9. The molecular weight excluding hydrogens is 323 g/mol. The maximum Gasteiger partial charge on any atom is 0.417 e. The molecule has 0 radical (unpaired) electrons. The van der Waals surface area contributed by atoms with Gasteiger partial charge in [-0.2, -0.15) is 13.2 Å². The molecule has 0 aliphatic heterocycles. The summed E-state index contributed by atoms with van der Waals surface area (Å²) in [5.74, 6) is 0. The lowest BCUT2D eigenvalue weighted by Gasteiger charge is -2.22. The van der Waals surface area contributed by atoms with Crippen LogP contribution in [-0.4, -0.2) is 18.0 Å². The van der Waals surface area contributed by atoms with Gasteiger partial charge in [0.15, 0.2) is 0 Å². The molecule has 0 fully saturated rings. The molecule has 1 aromatic rings. The third-order valence-corrected chi connectivity index (χ3v) is 2.78. The van der Waals surface area contributed by atoms with Gasteiger partial charge in [0.25, 0.3) is 0 Å². The van der Waals surface area contributed by atoms with Crippen LogP contribution in [0.25, 0.3) is 0 Å². The van der Waals surface area contributed by atoms with Crippen molar-refractivity contribution >= 4 is 24.0 Å². The zero-order valence-electron chi connectivity index (χ0n) is 12.1. The van der Waals surface area contributed by atoms with Crippen molar-refractivity contribution in [3.8, 4) is 0 Å². The highest BCUT2D eigenvalue weighted by Crippen LogP contribution is 2.35. The largest absolute Gasteiger partial charge is 0.444 e. The average Bonchev–Trinajstić information content (AvgIpc) is 2.32. The summed E-state index contributed by atoms with van der Waals surface area (Å²) >= 11 is 5.58. The highest BCUT2D eigenvalue weighted by atomic mass is 35.5. The number of carbonyl (C=O) groups excluding carboxylic acids is 2. The summed E-state index contributed by atoms with van der Waals surface area (Å²) in [5, 5.41) is 1.70. The van der Waals surface area contributed by atoms with E-state index >= 15 is 0 Å². The number of amides is 1. The molecule has 8 heteroatoms. The summed E-state index contributed by atoms with van der Waals surface area (Å²) in [7, 11) is 0. The fraction of sp³-hybridized carbons (Fsp3) is 0.429. The maximum absolute atomic E-state index is 12.6. The molecule has 1 N–H and O–H groups in total. The number of ether oxygens (including phenoxy) is 1. The van der Waals surface area contributed by atoms with Gasteiger partial charge in [0.05, 0.1) is 10.6 Å². The molecule has 1 aromatic carbocycles. The van der Waals surface area contributed by atoms with Crippen LogP contribution in [0.3, 0.4) is 0 Å². The first-order valence-electron chi connectivity index (χ1n) is 6.25. The Morgan fingerprint density at radius 2 is 1.91 bits per heavy atom. The zero-order chi connectivity index (χ0) is 17.1. The average molecular weight is 338 g/mol. The molecular formula is C14H15ClF3NO3. The lowest BCUT2D eigenvalue weighted by atomic mass is 10.1. The number of halogens is 4. The van der Waals surface area contributed by atoms with E-state index in [0.29, 0.717) is 6.29 Å². The molecule has 122 valence electrons. The van der Waals surface area contributed by atoms with Crippen LogP contribution in [0.1, 0.15) is 37.9 Å². The van der Waals surface area contributed by atoms with Crippen molar-refractivity contribution in [2.45, 2.75) is 38.6 Å². The molecule has 1 unspecified atom stereocenters. The van der Waals surface area contributed by atoms with Crippen molar-refractivity contribution < 1.29 is 27.5 Å². The summed E-state index contributed by atoms with van der Waals surface area (Å²) in [4.78, 5) is 22.7. The first-order chi connectivity index (χ1) is 9.94. The van der Waals surface area contributed by atoms with Gasteiger partial charge in [-0.05, 0) is 38.5 Å². The SMILES string of the molecule is CC(C)(C)OC(=O)NC(C=O)c1ccc(C(F)(F)F)c(Cl)c1. The van der Waals surface area contributed by atoms with Gasteiger partial charge in [0, 0.05) is 0 Å². The number of benzene rings is 1. The van der Waals surface area contributed by atoms with Crippen LogP contribution in [0.5, 0.6) is 0 Å². The van der Waals surface area contributed by atoms with Gasteiger partial charge in [-0.3, -0.25) is 0 Å². The number of hydrogen-bond acceptors (Lipinski definition) is 3. The fourth-order valence-corrected chi connectivity index (χ4v) is 1.88. The Kier molecular flexibility index (Phi) is 5.45. The van der Waals surface area contributed by atoms with Crippen molar-refractivity contribution in [3.05, 3.63) is 34.3 Å². The van der Waals surface area contributed by atoms with Gasteiger partial charge in [0.2, 0.25) is 0 Å². The highest BCUT2D eigenvalue weighted by Gasteiger charge is 2.33. The molecule has 1 amide bonds. The Morgan fingerprint density at radius 1 is 1.32 bits per heavy atom. The normalized spacial score (nSPS) is 13.4. The monoisotopic (exact) mass is 337 g/mol. The van der Waals surface area contributed by atoms with Gasteiger partial charge in [-0.1, -0.05) is 17.7 Å². The van der Waals surface area contributed by atoms with E-state index < -0.39 is 34.5 Å². The lowest BCUT2D eigenvalue weighted by molar-refractivity contribution is -0.137. The van der Waals surface area contributed by atoms with Crippen LogP contribution in [0.2, 0.25) is 5.02 Å². The first-order valence-corrected chi connectivity index (χ1v) is 6.63. The van der Waals surface area contributed by atoms with E-state index in [1.807, 2.05) is 0 Å². The lowest BCUT2D eigenvalue weighted by Crippen LogP contribution is -2.35. The molecule has 0 bridgehead atoms. The Hall–Kier alpha value is -1.76. The minimum atomic E-state index is -4.59. The van der Waals surface area contributed by atoms with Crippen LogP contribution in [-0.2, 0) is 15.7 Å². The van der Waals surface area contributed by atoms with Crippen molar-refractivity contribution in [2.24, 2.45) is 0 Å². The van der Waals surface area contributed by atoms with Crippen molar-refractivity contribution in [1.82, 2.24) is 5.32 Å². The fourth-order valence-electron chi connectivity index (χ4n) is 1.59. The number of rotatable bonds is 3. The summed E-state index contributed by atoms with van der Waals surface area (Å²) < 4.78 is 42.8. The molecule has 0 aliphatic rings. The second kappa shape index (κ2) is 6.56. The van der Waals surface area contributed by atoms with Crippen molar-refractivity contribution in [2.75, 3.05) is 0 Å². The van der Waals surface area contributed by atoms with Crippen molar-refractivity contribution in [3.63, 3.8) is 0 Å². The van der Waals surface area contributed by atoms with Crippen LogP contribution in [0, 0.1) is 0 Å². The molecule has 1 atom stereocenters.